The Kier molecular flexibility index (Phi) is 7.02. The van der Waals surface area contributed by atoms with Gasteiger partial charge in [-0.15, -0.1) is 12.4 Å². The summed E-state index contributed by atoms with van der Waals surface area (Å²) in [6, 6.07) is 1.16. The largest absolute Gasteiger partial charge is 0.339 e. The number of carbonyl (C=O) groups excluding carboxylic acids is 1. The van der Waals surface area contributed by atoms with Crippen LogP contribution in [-0.4, -0.2) is 63.3 Å². The number of piperazine rings is 1. The van der Waals surface area contributed by atoms with Crippen molar-refractivity contribution in [3.63, 3.8) is 0 Å². The number of nitrogens with zero attached hydrogens (tertiary/aromatic N) is 2. The number of sulfonamides is 1. The molecule has 0 atom stereocenters. The Morgan fingerprint density at radius 2 is 1.79 bits per heavy atom. The zero-order valence-corrected chi connectivity index (χ0v) is 14.4. The maximum Gasteiger partial charge on any atom is 0.246 e. The highest BCUT2D eigenvalue weighted by molar-refractivity contribution is 7.89. The molecule has 0 saturated carbocycles. The molecule has 6 nitrogen and oxygen atoms in total. The molecule has 1 amide bonds. The molecule has 136 valence electrons. The smallest absolute Gasteiger partial charge is 0.246 e. The van der Waals surface area contributed by atoms with Crippen molar-refractivity contribution in [1.82, 2.24) is 14.5 Å². The summed E-state index contributed by atoms with van der Waals surface area (Å²) in [5.74, 6) is -5.60. The lowest BCUT2D eigenvalue weighted by molar-refractivity contribution is -0.131. The molecule has 1 aliphatic heterocycles. The second kappa shape index (κ2) is 8.15. The minimum atomic E-state index is -4.45. The maximum atomic E-state index is 13.7. The van der Waals surface area contributed by atoms with Gasteiger partial charge in [0.2, 0.25) is 15.9 Å². The molecule has 1 heterocycles. The number of nitrogens with one attached hydrogen (secondary N) is 1. The normalized spacial score (nSPS) is 15.3. The first-order valence-electron chi connectivity index (χ1n) is 6.83. The van der Waals surface area contributed by atoms with Crippen molar-refractivity contribution in [3.8, 4) is 0 Å². The summed E-state index contributed by atoms with van der Waals surface area (Å²) in [5, 5.41) is 3.05. The molecule has 0 bridgehead atoms. The van der Waals surface area contributed by atoms with E-state index < -0.39 is 44.8 Å². The third kappa shape index (κ3) is 4.18. The van der Waals surface area contributed by atoms with Gasteiger partial charge in [0.1, 0.15) is 4.90 Å². The molecule has 0 aromatic heterocycles. The highest BCUT2D eigenvalue weighted by atomic mass is 35.5. The Morgan fingerprint density at radius 1 is 1.21 bits per heavy atom. The number of likely N-dealkylation sites (N-methyl/N-ethyl adjacent to an activating group) is 1. The standard InChI is InChI=1S/C13H16F3N3O3S.ClH/c1-18(8-11(20)19-6-4-17-5-7-19)23(21,22)10-3-2-9(14)12(15)13(10)16;/h2-3,17H,4-8H2,1H3;1H. The van der Waals surface area contributed by atoms with E-state index in [9.17, 15) is 26.4 Å². The molecule has 0 radical (unpaired) electrons. The van der Waals surface area contributed by atoms with Gasteiger partial charge in [-0.05, 0) is 12.1 Å². The summed E-state index contributed by atoms with van der Waals surface area (Å²) in [5.41, 5.74) is 0. The number of carbonyl (C=O) groups is 1. The molecule has 1 saturated heterocycles. The maximum absolute atomic E-state index is 13.7. The van der Waals surface area contributed by atoms with E-state index in [0.29, 0.717) is 42.6 Å². The predicted octanol–water partition coefficient (Wildman–Crippen LogP) is 0.578. The third-order valence-electron chi connectivity index (χ3n) is 3.52. The van der Waals surface area contributed by atoms with Crippen LogP contribution in [0.25, 0.3) is 0 Å². The number of rotatable bonds is 4. The third-order valence-corrected chi connectivity index (χ3v) is 5.34. The van der Waals surface area contributed by atoms with Gasteiger partial charge in [0.05, 0.1) is 6.54 Å². The van der Waals surface area contributed by atoms with Crippen molar-refractivity contribution >= 4 is 28.3 Å². The van der Waals surface area contributed by atoms with Gasteiger partial charge in [-0.2, -0.15) is 4.31 Å². The summed E-state index contributed by atoms with van der Waals surface area (Å²) < 4.78 is 64.9. The highest BCUT2D eigenvalue weighted by Crippen LogP contribution is 2.22. The lowest BCUT2D eigenvalue weighted by Crippen LogP contribution is -2.49. The quantitative estimate of drug-likeness (QED) is 0.767. The Labute approximate surface area is 144 Å². The van der Waals surface area contributed by atoms with Gasteiger partial charge in [0.15, 0.2) is 17.5 Å². The topological polar surface area (TPSA) is 69.7 Å². The lowest BCUT2D eigenvalue weighted by Gasteiger charge is -2.29. The lowest BCUT2D eigenvalue weighted by atomic mass is 10.3. The molecule has 11 heteroatoms. The van der Waals surface area contributed by atoms with E-state index in [0.717, 1.165) is 7.05 Å². The van der Waals surface area contributed by atoms with Crippen LogP contribution in [0.1, 0.15) is 0 Å². The molecule has 1 N–H and O–H groups in total. The molecule has 24 heavy (non-hydrogen) atoms. The first-order chi connectivity index (χ1) is 10.7. The molecular formula is C13H17ClF3N3O3S. The number of halogens is 4. The second-order valence-corrected chi connectivity index (χ2v) is 7.08. The number of hydrogen-bond donors (Lipinski definition) is 1. The van der Waals surface area contributed by atoms with Gasteiger partial charge >= 0.3 is 0 Å². The molecule has 1 aliphatic rings. The van der Waals surface area contributed by atoms with Crippen LogP contribution >= 0.6 is 12.4 Å². The zero-order valence-electron chi connectivity index (χ0n) is 12.8. The monoisotopic (exact) mass is 387 g/mol. The highest BCUT2D eigenvalue weighted by Gasteiger charge is 2.30. The Bertz CT molecular complexity index is 712. The predicted molar refractivity (Wildman–Crippen MR) is 82.8 cm³/mol. The van der Waals surface area contributed by atoms with E-state index in [-0.39, 0.29) is 12.4 Å². The van der Waals surface area contributed by atoms with E-state index in [4.69, 9.17) is 0 Å². The minimum absolute atomic E-state index is 0. The van der Waals surface area contributed by atoms with Crippen LogP contribution in [0.2, 0.25) is 0 Å². The van der Waals surface area contributed by atoms with Crippen LogP contribution < -0.4 is 5.32 Å². The van der Waals surface area contributed by atoms with E-state index in [2.05, 4.69) is 5.32 Å². The summed E-state index contributed by atoms with van der Waals surface area (Å²) in [7, 11) is -3.37. The molecule has 0 aliphatic carbocycles. The molecular weight excluding hydrogens is 371 g/mol. The van der Waals surface area contributed by atoms with Gasteiger partial charge in [-0.1, -0.05) is 0 Å². The molecule has 0 unspecified atom stereocenters. The Hall–Kier alpha value is -1.36. The number of benzene rings is 1. The van der Waals surface area contributed by atoms with Crippen molar-refractivity contribution in [2.45, 2.75) is 4.90 Å². The average molecular weight is 388 g/mol. The number of amides is 1. The molecule has 2 rings (SSSR count). The van der Waals surface area contributed by atoms with E-state index in [1.165, 1.54) is 4.90 Å². The summed E-state index contributed by atoms with van der Waals surface area (Å²) in [6.45, 7) is 1.55. The van der Waals surface area contributed by atoms with Gasteiger partial charge in [-0.3, -0.25) is 4.79 Å². The van der Waals surface area contributed by atoms with Crippen LogP contribution in [0.5, 0.6) is 0 Å². The van der Waals surface area contributed by atoms with E-state index in [1.807, 2.05) is 0 Å². The van der Waals surface area contributed by atoms with Crippen LogP contribution in [-0.2, 0) is 14.8 Å². The van der Waals surface area contributed by atoms with Crippen molar-refractivity contribution < 1.29 is 26.4 Å². The average Bonchev–Trinajstić information content (AvgIpc) is 2.53. The fourth-order valence-corrected chi connectivity index (χ4v) is 3.34. The fraction of sp³-hybridized carbons (Fsp3) is 0.462. The minimum Gasteiger partial charge on any atom is -0.339 e. The first-order valence-corrected chi connectivity index (χ1v) is 8.27. The zero-order chi connectivity index (χ0) is 17.2. The van der Waals surface area contributed by atoms with E-state index in [1.54, 1.807) is 0 Å². The summed E-state index contributed by atoms with van der Waals surface area (Å²) in [6.07, 6.45) is 0. The van der Waals surface area contributed by atoms with Crippen LogP contribution in [0.15, 0.2) is 17.0 Å². The summed E-state index contributed by atoms with van der Waals surface area (Å²) >= 11 is 0. The second-order valence-electron chi connectivity index (χ2n) is 5.07. The van der Waals surface area contributed by atoms with Crippen molar-refractivity contribution in [1.29, 1.82) is 0 Å². The first kappa shape index (κ1) is 20.7. The van der Waals surface area contributed by atoms with Gasteiger partial charge in [0.25, 0.3) is 0 Å². The van der Waals surface area contributed by atoms with Gasteiger partial charge < -0.3 is 10.2 Å². The van der Waals surface area contributed by atoms with Crippen LogP contribution in [0.4, 0.5) is 13.2 Å². The molecule has 1 aromatic carbocycles. The summed E-state index contributed by atoms with van der Waals surface area (Å²) in [4.78, 5) is 12.5. The van der Waals surface area contributed by atoms with Crippen molar-refractivity contribution in [2.24, 2.45) is 0 Å². The van der Waals surface area contributed by atoms with Crippen LogP contribution in [0, 0.1) is 17.5 Å². The Morgan fingerprint density at radius 3 is 2.38 bits per heavy atom. The van der Waals surface area contributed by atoms with E-state index >= 15 is 0 Å². The molecule has 1 fully saturated rings. The molecule has 0 spiro atoms. The fourth-order valence-electron chi connectivity index (χ4n) is 2.16. The number of hydrogen-bond acceptors (Lipinski definition) is 4. The van der Waals surface area contributed by atoms with Crippen molar-refractivity contribution in [3.05, 3.63) is 29.6 Å². The van der Waals surface area contributed by atoms with Crippen molar-refractivity contribution in [2.75, 3.05) is 39.8 Å². The van der Waals surface area contributed by atoms with Gasteiger partial charge in [-0.25, -0.2) is 21.6 Å². The van der Waals surface area contributed by atoms with Crippen LogP contribution in [0.3, 0.4) is 0 Å². The molecule has 1 aromatic rings. The van der Waals surface area contributed by atoms with Gasteiger partial charge in [0, 0.05) is 33.2 Å². The Balaban J connectivity index is 0.00000288. The SMILES string of the molecule is CN(CC(=O)N1CCNCC1)S(=O)(=O)c1ccc(F)c(F)c1F.Cl.